The second-order valence-electron chi connectivity index (χ2n) is 11.2. The monoisotopic (exact) mass is 517 g/mol. The molecule has 0 fully saturated rings. The molecule has 2 heterocycles. The molecule has 2 aromatic heterocycles. The van der Waals surface area contributed by atoms with Crippen molar-refractivity contribution in [2.75, 3.05) is 6.61 Å². The molecule has 11 heteroatoms. The van der Waals surface area contributed by atoms with Crippen LogP contribution >= 0.6 is 0 Å². The summed E-state index contributed by atoms with van der Waals surface area (Å²) in [6.07, 6.45) is 4.30. The smallest absolute Gasteiger partial charge is 0.408 e. The Morgan fingerprint density at radius 1 is 1.31 bits per heavy atom. The minimum absolute atomic E-state index is 0.0489. The predicted octanol–water partition coefficient (Wildman–Crippen LogP) is 6.02. The number of alkyl carbamates (subject to hydrolysis) is 1. The van der Waals surface area contributed by atoms with Crippen LogP contribution in [0.2, 0.25) is 18.1 Å². The van der Waals surface area contributed by atoms with Gasteiger partial charge in [0.2, 0.25) is 0 Å². The first-order valence-corrected chi connectivity index (χ1v) is 14.9. The average Bonchev–Trinajstić information content (AvgIpc) is 3.15. The average molecular weight is 518 g/mol. The molecule has 0 saturated carbocycles. The third-order valence-electron chi connectivity index (χ3n) is 6.09. The molecule has 0 aliphatic rings. The van der Waals surface area contributed by atoms with E-state index in [2.05, 4.69) is 55.8 Å². The number of nitro groups is 1. The second kappa shape index (κ2) is 11.3. The van der Waals surface area contributed by atoms with E-state index in [9.17, 15) is 14.9 Å². The number of hydrogen-bond acceptors (Lipinski definition) is 7. The van der Waals surface area contributed by atoms with Gasteiger partial charge in [0, 0.05) is 11.8 Å². The Bertz CT molecular complexity index is 1090. The van der Waals surface area contributed by atoms with E-state index in [4.69, 9.17) is 9.16 Å². The van der Waals surface area contributed by atoms with Crippen LogP contribution in [0.5, 0.6) is 0 Å². The van der Waals surface area contributed by atoms with Gasteiger partial charge in [0.1, 0.15) is 17.5 Å². The molecule has 2 aromatic rings. The highest BCUT2D eigenvalue weighted by Crippen LogP contribution is 2.37. The van der Waals surface area contributed by atoms with E-state index < -0.39 is 31.0 Å². The number of carbonyl (C=O) groups is 1. The summed E-state index contributed by atoms with van der Waals surface area (Å²) < 4.78 is 13.2. The third-order valence-corrected chi connectivity index (χ3v) is 10.6. The van der Waals surface area contributed by atoms with Crippen LogP contribution < -0.4 is 5.32 Å². The molecule has 0 unspecified atom stereocenters. The van der Waals surface area contributed by atoms with Crippen molar-refractivity contribution in [1.82, 2.24) is 20.1 Å². The molecule has 1 amide bonds. The Hall–Kier alpha value is -3.05. The summed E-state index contributed by atoms with van der Waals surface area (Å²) in [5.41, 5.74) is 0.684. The molecule has 36 heavy (non-hydrogen) atoms. The van der Waals surface area contributed by atoms with Crippen molar-refractivity contribution in [1.29, 1.82) is 0 Å². The molecule has 1 N–H and O–H groups in total. The van der Waals surface area contributed by atoms with Gasteiger partial charge in [-0.05, 0) is 57.5 Å². The maximum atomic E-state index is 12.4. The normalized spacial score (nSPS) is 13.2. The summed E-state index contributed by atoms with van der Waals surface area (Å²) in [6, 6.07) is 2.90. The number of carbonyl (C=O) groups excluding carboxylic acids is 1. The number of amides is 1. The zero-order valence-electron chi connectivity index (χ0n) is 22.6. The van der Waals surface area contributed by atoms with Crippen LogP contribution in [0.1, 0.15) is 59.7 Å². The molecular weight excluding hydrogens is 478 g/mol. The van der Waals surface area contributed by atoms with Gasteiger partial charge in [0.25, 0.3) is 0 Å². The first kappa shape index (κ1) is 29.2. The first-order valence-electron chi connectivity index (χ1n) is 12.0. The van der Waals surface area contributed by atoms with E-state index in [1.165, 1.54) is 6.20 Å². The molecule has 0 bridgehead atoms. The minimum atomic E-state index is -1.98. The number of nitrogens with zero attached hydrogens (tertiary/aromatic N) is 4. The van der Waals surface area contributed by atoms with Crippen LogP contribution in [0, 0.1) is 10.1 Å². The topological polar surface area (TPSA) is 121 Å². The lowest BCUT2D eigenvalue weighted by molar-refractivity contribution is -0.384. The number of nitrogens with one attached hydrogen (secondary N) is 1. The van der Waals surface area contributed by atoms with Crippen molar-refractivity contribution in [3.63, 3.8) is 0 Å². The van der Waals surface area contributed by atoms with Gasteiger partial charge in [0.15, 0.2) is 8.32 Å². The number of hydrogen-bond donors (Lipinski definition) is 1. The van der Waals surface area contributed by atoms with Crippen molar-refractivity contribution in [2.45, 2.75) is 84.3 Å². The van der Waals surface area contributed by atoms with E-state index in [1.807, 2.05) is 0 Å². The van der Waals surface area contributed by atoms with Crippen molar-refractivity contribution in [3.8, 4) is 11.3 Å². The number of rotatable bonds is 10. The SMILES string of the molecule is C=CC[C@H](NC(=O)OC(C)(C)C)c1cc(-c2c([N+](=O)[O-])cnn2CCO[Si](C)(C)C(C)(C)C)ccn1. The summed E-state index contributed by atoms with van der Waals surface area (Å²) in [5.74, 6) is 0. The van der Waals surface area contributed by atoms with Crippen LogP contribution in [-0.2, 0) is 15.7 Å². The zero-order valence-corrected chi connectivity index (χ0v) is 23.6. The van der Waals surface area contributed by atoms with Crippen molar-refractivity contribution in [2.24, 2.45) is 0 Å². The summed E-state index contributed by atoms with van der Waals surface area (Å²) in [5, 5.41) is 18.9. The lowest BCUT2D eigenvalue weighted by atomic mass is 10.1. The number of aromatic nitrogens is 3. The molecule has 0 saturated heterocycles. The molecule has 0 radical (unpaired) electrons. The highest BCUT2D eigenvalue weighted by molar-refractivity contribution is 6.74. The van der Waals surface area contributed by atoms with E-state index >= 15 is 0 Å². The van der Waals surface area contributed by atoms with Crippen LogP contribution in [0.25, 0.3) is 11.3 Å². The third kappa shape index (κ3) is 7.72. The van der Waals surface area contributed by atoms with E-state index in [1.54, 1.807) is 49.9 Å². The standard InChI is InChI=1S/C25H39N5O5Si/c1-10-11-19(28-23(31)35-24(2,3)4)20-16-18(12-13-26-20)22-21(30(32)33)17-27-29(22)14-15-34-36(8,9)25(5,6)7/h10,12-13,16-17,19H,1,11,14-15H2,2-9H3,(H,28,31)/t19-/m0/s1. The quantitative estimate of drug-likeness (QED) is 0.177. The summed E-state index contributed by atoms with van der Waals surface area (Å²) in [7, 11) is -1.98. The Morgan fingerprint density at radius 2 is 1.97 bits per heavy atom. The fourth-order valence-corrected chi connectivity index (χ4v) is 4.27. The summed E-state index contributed by atoms with van der Waals surface area (Å²) in [6.45, 7) is 20.7. The van der Waals surface area contributed by atoms with Crippen LogP contribution in [0.15, 0.2) is 37.2 Å². The van der Waals surface area contributed by atoms with Gasteiger partial charge in [-0.2, -0.15) is 5.10 Å². The molecular formula is C25H39N5O5Si. The highest BCUT2D eigenvalue weighted by Gasteiger charge is 2.37. The molecule has 0 aromatic carbocycles. The first-order chi connectivity index (χ1) is 16.6. The van der Waals surface area contributed by atoms with Gasteiger partial charge in [-0.3, -0.25) is 19.8 Å². The molecule has 0 aliphatic carbocycles. The van der Waals surface area contributed by atoms with Crippen molar-refractivity contribution in [3.05, 3.63) is 53.0 Å². The van der Waals surface area contributed by atoms with Gasteiger partial charge in [0.05, 0.1) is 29.8 Å². The second-order valence-corrected chi connectivity index (χ2v) is 16.0. The zero-order chi connectivity index (χ0) is 27.3. The van der Waals surface area contributed by atoms with Gasteiger partial charge in [-0.1, -0.05) is 26.8 Å². The summed E-state index contributed by atoms with van der Waals surface area (Å²) >= 11 is 0. The van der Waals surface area contributed by atoms with Gasteiger partial charge < -0.3 is 14.5 Å². The lowest BCUT2D eigenvalue weighted by Crippen LogP contribution is -2.41. The Labute approximate surface area is 214 Å². The molecule has 2 rings (SSSR count). The Balaban J connectivity index is 2.37. The minimum Gasteiger partial charge on any atom is -0.444 e. The number of pyridine rings is 1. The van der Waals surface area contributed by atoms with Gasteiger partial charge >= 0.3 is 11.8 Å². The molecule has 10 nitrogen and oxygen atoms in total. The van der Waals surface area contributed by atoms with Crippen LogP contribution in [-0.4, -0.2) is 46.3 Å². The lowest BCUT2D eigenvalue weighted by Gasteiger charge is -2.36. The van der Waals surface area contributed by atoms with E-state index in [0.717, 1.165) is 0 Å². The fourth-order valence-electron chi connectivity index (χ4n) is 3.24. The van der Waals surface area contributed by atoms with Gasteiger partial charge in [-0.15, -0.1) is 6.58 Å². The predicted molar refractivity (Wildman–Crippen MR) is 142 cm³/mol. The maximum absolute atomic E-state index is 12.4. The molecule has 198 valence electrons. The van der Waals surface area contributed by atoms with E-state index in [-0.39, 0.29) is 10.7 Å². The van der Waals surface area contributed by atoms with Crippen LogP contribution in [0.3, 0.4) is 0 Å². The fraction of sp³-hybridized carbons (Fsp3) is 0.560. The van der Waals surface area contributed by atoms with Crippen molar-refractivity contribution >= 4 is 20.1 Å². The molecule has 0 aliphatic heterocycles. The maximum Gasteiger partial charge on any atom is 0.408 e. The number of ether oxygens (including phenoxy) is 1. The van der Waals surface area contributed by atoms with E-state index in [0.29, 0.717) is 36.5 Å². The van der Waals surface area contributed by atoms with Crippen molar-refractivity contribution < 1.29 is 18.9 Å². The molecule has 0 spiro atoms. The Kier molecular flexibility index (Phi) is 9.19. The van der Waals surface area contributed by atoms with Gasteiger partial charge in [-0.25, -0.2) is 4.79 Å². The largest absolute Gasteiger partial charge is 0.444 e. The molecule has 1 atom stereocenters. The summed E-state index contributed by atoms with van der Waals surface area (Å²) in [4.78, 5) is 28.1. The Morgan fingerprint density at radius 3 is 2.53 bits per heavy atom. The van der Waals surface area contributed by atoms with Crippen LogP contribution in [0.4, 0.5) is 10.5 Å². The highest BCUT2D eigenvalue weighted by atomic mass is 28.4.